The average Bonchev–Trinajstić information content (AvgIpc) is 3.04. The Kier molecular flexibility index (Phi) is 9.73. The van der Waals surface area contributed by atoms with E-state index < -0.39 is 6.10 Å². The molecule has 0 radical (unpaired) electrons. The molecule has 2 atom stereocenters. The molecule has 2 unspecified atom stereocenters. The number of amides is 1. The summed E-state index contributed by atoms with van der Waals surface area (Å²) in [5.74, 6) is 6.39. The van der Waals surface area contributed by atoms with Gasteiger partial charge < -0.3 is 14.7 Å². The van der Waals surface area contributed by atoms with Crippen LogP contribution >= 0.6 is 0 Å². The van der Waals surface area contributed by atoms with Crippen LogP contribution in [0.4, 0.5) is 0 Å². The minimum Gasteiger partial charge on any atom is -0.469 e. The molecule has 0 spiro atoms. The van der Waals surface area contributed by atoms with Gasteiger partial charge in [-0.15, -0.1) is 11.8 Å². The smallest absolute Gasteiger partial charge is 0.305 e. The van der Waals surface area contributed by atoms with E-state index in [2.05, 4.69) is 16.6 Å². The van der Waals surface area contributed by atoms with Gasteiger partial charge in [-0.2, -0.15) is 0 Å². The second-order valence-electron chi connectivity index (χ2n) is 8.36. The highest BCUT2D eigenvalue weighted by molar-refractivity contribution is 5.79. The lowest BCUT2D eigenvalue weighted by molar-refractivity contribution is -0.140. The molecular formula is C24H37NO4. The topological polar surface area (TPSA) is 66.8 Å². The molecule has 0 aromatic carbocycles. The summed E-state index contributed by atoms with van der Waals surface area (Å²) in [5.41, 5.74) is -0.0915. The normalized spacial score (nSPS) is 21.6. The first-order valence-corrected chi connectivity index (χ1v) is 11.2. The Morgan fingerprint density at radius 1 is 1.31 bits per heavy atom. The van der Waals surface area contributed by atoms with Crippen molar-refractivity contribution in [1.82, 2.24) is 4.90 Å². The largest absolute Gasteiger partial charge is 0.469 e. The van der Waals surface area contributed by atoms with Gasteiger partial charge in [-0.1, -0.05) is 38.3 Å². The molecule has 2 aliphatic rings. The molecule has 0 aromatic heterocycles. The Balaban J connectivity index is 1.79. The van der Waals surface area contributed by atoms with Crippen LogP contribution in [-0.4, -0.2) is 47.7 Å². The number of likely N-dealkylation sites (tertiary alicyclic amines) is 1. The number of unbranched alkanes of at least 4 members (excludes halogenated alkanes) is 3. The first kappa shape index (κ1) is 23.5. The van der Waals surface area contributed by atoms with Crippen molar-refractivity contribution in [2.45, 2.75) is 96.1 Å². The Bertz CT molecular complexity index is 627. The van der Waals surface area contributed by atoms with Crippen LogP contribution in [0.3, 0.4) is 0 Å². The Morgan fingerprint density at radius 3 is 2.72 bits per heavy atom. The fourth-order valence-corrected chi connectivity index (χ4v) is 4.26. The minimum atomic E-state index is -0.488. The summed E-state index contributed by atoms with van der Waals surface area (Å²) in [7, 11) is 1.41. The third-order valence-electron chi connectivity index (χ3n) is 6.37. The molecule has 1 aliphatic heterocycles. The zero-order valence-corrected chi connectivity index (χ0v) is 18.1. The van der Waals surface area contributed by atoms with Gasteiger partial charge in [0.05, 0.1) is 19.3 Å². The minimum absolute atomic E-state index is 0.0890. The zero-order valence-electron chi connectivity index (χ0n) is 18.1. The number of methoxy groups -OCH3 is 1. The summed E-state index contributed by atoms with van der Waals surface area (Å²) in [5, 5.41) is 10.8. The van der Waals surface area contributed by atoms with E-state index in [9.17, 15) is 14.7 Å². The van der Waals surface area contributed by atoms with E-state index in [1.165, 1.54) is 7.11 Å². The predicted octanol–water partition coefficient (Wildman–Crippen LogP) is 3.99. The maximum atomic E-state index is 12.3. The number of hydrogen-bond donors (Lipinski definition) is 1. The van der Waals surface area contributed by atoms with E-state index >= 15 is 0 Å². The molecule has 0 bridgehead atoms. The Hall–Kier alpha value is -1.80. The van der Waals surface area contributed by atoms with Gasteiger partial charge in [0.1, 0.15) is 0 Å². The number of nitrogens with zero attached hydrogens (tertiary/aromatic N) is 1. The van der Waals surface area contributed by atoms with Gasteiger partial charge in [-0.3, -0.25) is 9.59 Å². The van der Waals surface area contributed by atoms with Crippen LogP contribution in [0.15, 0.2) is 12.2 Å². The number of aliphatic hydroxyl groups excluding tert-OH is 1. The van der Waals surface area contributed by atoms with Crippen molar-refractivity contribution in [3.8, 4) is 11.8 Å². The van der Waals surface area contributed by atoms with Crippen LogP contribution in [0.5, 0.6) is 0 Å². The van der Waals surface area contributed by atoms with Crippen molar-refractivity contribution in [2.75, 3.05) is 13.7 Å². The Morgan fingerprint density at radius 2 is 2.07 bits per heavy atom. The van der Waals surface area contributed by atoms with Crippen LogP contribution in [0, 0.1) is 17.3 Å². The quantitative estimate of drug-likeness (QED) is 0.245. The van der Waals surface area contributed by atoms with Crippen molar-refractivity contribution in [1.29, 1.82) is 0 Å². The molecule has 5 nitrogen and oxygen atoms in total. The van der Waals surface area contributed by atoms with Crippen LogP contribution in [-0.2, 0) is 14.3 Å². The second-order valence-corrected chi connectivity index (χ2v) is 8.36. The van der Waals surface area contributed by atoms with Crippen molar-refractivity contribution < 1.29 is 19.4 Å². The molecule has 1 aliphatic carbocycles. The lowest BCUT2D eigenvalue weighted by Crippen LogP contribution is -2.40. The van der Waals surface area contributed by atoms with E-state index in [0.717, 1.165) is 70.8 Å². The fraction of sp³-hybridized carbons (Fsp3) is 0.750. The van der Waals surface area contributed by atoms with Gasteiger partial charge in [0.15, 0.2) is 0 Å². The number of carbonyl (C=O) groups excluding carboxylic acids is 2. The summed E-state index contributed by atoms with van der Waals surface area (Å²) in [6, 6.07) is 0.0890. The van der Waals surface area contributed by atoms with Crippen molar-refractivity contribution in [2.24, 2.45) is 5.41 Å². The molecule has 1 saturated heterocycles. The second kappa shape index (κ2) is 12.0. The van der Waals surface area contributed by atoms with Gasteiger partial charge in [-0.25, -0.2) is 0 Å². The third-order valence-corrected chi connectivity index (χ3v) is 6.37. The summed E-state index contributed by atoms with van der Waals surface area (Å²) in [6.45, 7) is 2.79. The van der Waals surface area contributed by atoms with E-state index in [1.807, 2.05) is 24.0 Å². The molecule has 0 aromatic rings. The SMILES string of the molecule is CCC#CCC1(C(O)C=CC2CCC(=O)N2CCCCCCC(=O)OC)CCC1. The van der Waals surface area contributed by atoms with Crippen molar-refractivity contribution in [3.05, 3.63) is 12.2 Å². The summed E-state index contributed by atoms with van der Waals surface area (Å²) < 4.78 is 4.65. The van der Waals surface area contributed by atoms with E-state index in [1.54, 1.807) is 0 Å². The van der Waals surface area contributed by atoms with Crippen LogP contribution in [0.25, 0.3) is 0 Å². The summed E-state index contributed by atoms with van der Waals surface area (Å²) >= 11 is 0. The first-order chi connectivity index (χ1) is 14.0. The third kappa shape index (κ3) is 6.89. The summed E-state index contributed by atoms with van der Waals surface area (Å²) in [4.78, 5) is 25.3. The Labute approximate surface area is 175 Å². The van der Waals surface area contributed by atoms with Crippen LogP contribution in [0.2, 0.25) is 0 Å². The van der Waals surface area contributed by atoms with Gasteiger partial charge >= 0.3 is 5.97 Å². The number of ether oxygens (including phenoxy) is 1. The highest BCUT2D eigenvalue weighted by atomic mass is 16.5. The van der Waals surface area contributed by atoms with Crippen molar-refractivity contribution in [3.63, 3.8) is 0 Å². The molecule has 2 rings (SSSR count). The molecule has 162 valence electrons. The predicted molar refractivity (Wildman–Crippen MR) is 114 cm³/mol. The molecule has 1 amide bonds. The number of aliphatic hydroxyl groups is 1. The molecule has 1 saturated carbocycles. The number of rotatable bonds is 11. The lowest BCUT2D eigenvalue weighted by atomic mass is 9.63. The molecule has 1 heterocycles. The van der Waals surface area contributed by atoms with Gasteiger partial charge in [0, 0.05) is 37.6 Å². The average molecular weight is 404 g/mol. The van der Waals surface area contributed by atoms with Gasteiger partial charge in [0.25, 0.3) is 0 Å². The van der Waals surface area contributed by atoms with E-state index in [-0.39, 0.29) is 23.3 Å². The zero-order chi connectivity index (χ0) is 21.1. The first-order valence-electron chi connectivity index (χ1n) is 11.2. The highest BCUT2D eigenvalue weighted by Crippen LogP contribution is 2.47. The van der Waals surface area contributed by atoms with E-state index in [0.29, 0.717) is 12.8 Å². The molecule has 5 heteroatoms. The number of carbonyl (C=O) groups is 2. The number of hydrogen-bond acceptors (Lipinski definition) is 4. The number of esters is 1. The fourth-order valence-electron chi connectivity index (χ4n) is 4.26. The van der Waals surface area contributed by atoms with Gasteiger partial charge in [-0.05, 0) is 32.1 Å². The monoisotopic (exact) mass is 403 g/mol. The highest BCUT2D eigenvalue weighted by Gasteiger charge is 2.42. The van der Waals surface area contributed by atoms with Crippen LogP contribution < -0.4 is 0 Å². The molecule has 29 heavy (non-hydrogen) atoms. The summed E-state index contributed by atoms with van der Waals surface area (Å²) in [6.07, 6.45) is 13.9. The maximum absolute atomic E-state index is 12.3. The molecule has 2 fully saturated rings. The molecular weight excluding hydrogens is 366 g/mol. The van der Waals surface area contributed by atoms with Crippen molar-refractivity contribution >= 4 is 11.9 Å². The lowest BCUT2D eigenvalue weighted by Gasteiger charge is -2.43. The van der Waals surface area contributed by atoms with Crippen LogP contribution in [0.1, 0.15) is 84.0 Å². The molecule has 1 N–H and O–H groups in total. The maximum Gasteiger partial charge on any atom is 0.305 e. The standard InChI is InChI=1S/C24H37NO4/c1-3-4-8-16-24(17-10-18-24)21(26)14-12-20-13-15-22(27)25(20)19-9-6-5-7-11-23(28)29-2/h12,14,20-21,26H,3,5-7,9-11,13,15-19H2,1-2H3. The van der Waals surface area contributed by atoms with E-state index in [4.69, 9.17) is 0 Å². The van der Waals surface area contributed by atoms with Gasteiger partial charge in [0.2, 0.25) is 5.91 Å².